The molecule has 9 heteroatoms. The van der Waals surface area contributed by atoms with Crippen molar-refractivity contribution in [2.45, 2.75) is 13.0 Å². The summed E-state index contributed by atoms with van der Waals surface area (Å²) in [6.07, 6.45) is 3.42. The van der Waals surface area contributed by atoms with Gasteiger partial charge < -0.3 is 15.0 Å². The van der Waals surface area contributed by atoms with Crippen molar-refractivity contribution in [3.05, 3.63) is 18.1 Å². The molecule has 0 bridgehead atoms. The molecule has 2 N–H and O–H groups in total. The predicted octanol–water partition coefficient (Wildman–Crippen LogP) is -0.487. The summed E-state index contributed by atoms with van der Waals surface area (Å²) in [5.74, 6) is -0.915. The van der Waals surface area contributed by atoms with Gasteiger partial charge in [0.2, 0.25) is 11.6 Å². The molecule has 0 aromatic carbocycles. The van der Waals surface area contributed by atoms with Gasteiger partial charge in [-0.15, -0.1) is 5.10 Å². The van der Waals surface area contributed by atoms with Gasteiger partial charge in [0.1, 0.15) is 5.69 Å². The number of carbonyl (C=O) groups excluding carboxylic acids is 1. The van der Waals surface area contributed by atoms with E-state index in [2.05, 4.69) is 20.6 Å². The lowest BCUT2D eigenvalue weighted by Gasteiger charge is -2.06. The molecule has 0 spiro atoms. The minimum absolute atomic E-state index is 0.164. The van der Waals surface area contributed by atoms with Crippen LogP contribution in [0.2, 0.25) is 0 Å². The number of hydrogen-bond acceptors (Lipinski definition) is 5. The number of hydrogen-bond donors (Lipinski definition) is 2. The number of nitrogens with one attached hydrogen (secondary N) is 1. The largest absolute Gasteiger partial charge is 0.476 e. The topological polar surface area (TPSA) is 115 Å². The third-order valence-electron chi connectivity index (χ3n) is 2.80. The molecule has 0 unspecified atom stereocenters. The van der Waals surface area contributed by atoms with Gasteiger partial charge in [-0.3, -0.25) is 4.79 Å². The summed E-state index contributed by atoms with van der Waals surface area (Å²) in [5, 5.41) is 19.1. The van der Waals surface area contributed by atoms with Gasteiger partial charge in [-0.25, -0.2) is 14.5 Å². The number of carbonyl (C=O) groups is 2. The van der Waals surface area contributed by atoms with E-state index in [4.69, 9.17) is 5.11 Å². The van der Waals surface area contributed by atoms with Crippen LogP contribution >= 0.6 is 0 Å². The Hall–Kier alpha value is -2.71. The summed E-state index contributed by atoms with van der Waals surface area (Å²) >= 11 is 0. The summed E-state index contributed by atoms with van der Waals surface area (Å²) in [6.45, 7) is 0.224. The van der Waals surface area contributed by atoms with Crippen molar-refractivity contribution < 1.29 is 14.7 Å². The fourth-order valence-corrected chi connectivity index (χ4v) is 1.76. The van der Waals surface area contributed by atoms with Crippen LogP contribution in [0.3, 0.4) is 0 Å². The van der Waals surface area contributed by atoms with Crippen molar-refractivity contribution in [3.63, 3.8) is 0 Å². The van der Waals surface area contributed by atoms with E-state index in [9.17, 15) is 9.59 Å². The molecule has 0 saturated carbocycles. The van der Waals surface area contributed by atoms with Gasteiger partial charge in [0, 0.05) is 32.9 Å². The molecule has 0 fully saturated rings. The standard InChI is InChI=1S/C11H14N6O3/c1-12-7(18)3-5-17-9(8(11(19)20)14-15-17)10-13-4-6-16(10)2/h4,6H,3,5H2,1-2H3,(H,12,18)(H,19,20). The van der Waals surface area contributed by atoms with Crippen molar-refractivity contribution >= 4 is 11.9 Å². The Kier molecular flexibility index (Phi) is 3.78. The average molecular weight is 278 g/mol. The number of nitrogens with zero attached hydrogens (tertiary/aromatic N) is 5. The van der Waals surface area contributed by atoms with Crippen LogP contribution in [0.4, 0.5) is 0 Å². The van der Waals surface area contributed by atoms with Crippen LogP contribution in [-0.2, 0) is 18.4 Å². The van der Waals surface area contributed by atoms with Crippen molar-refractivity contribution in [3.8, 4) is 11.5 Å². The summed E-state index contributed by atoms with van der Waals surface area (Å²) in [6, 6.07) is 0. The zero-order chi connectivity index (χ0) is 14.7. The van der Waals surface area contributed by atoms with Gasteiger partial charge in [-0.1, -0.05) is 5.21 Å². The van der Waals surface area contributed by atoms with Gasteiger partial charge in [0.15, 0.2) is 5.82 Å². The SMILES string of the molecule is CNC(=O)CCn1nnc(C(=O)O)c1-c1nccn1C. The molecule has 0 saturated heterocycles. The minimum Gasteiger partial charge on any atom is -0.476 e. The molecule has 2 heterocycles. The third-order valence-corrected chi connectivity index (χ3v) is 2.80. The lowest BCUT2D eigenvalue weighted by atomic mass is 10.3. The van der Waals surface area contributed by atoms with E-state index in [0.29, 0.717) is 5.82 Å². The molecule has 1 amide bonds. The number of rotatable bonds is 5. The Morgan fingerprint density at radius 3 is 2.75 bits per heavy atom. The maximum absolute atomic E-state index is 11.3. The third kappa shape index (κ3) is 2.51. The van der Waals surface area contributed by atoms with E-state index in [1.165, 1.54) is 11.7 Å². The second-order valence-corrected chi connectivity index (χ2v) is 4.10. The lowest BCUT2D eigenvalue weighted by Crippen LogP contribution is -2.20. The van der Waals surface area contributed by atoms with Crippen molar-refractivity contribution in [1.82, 2.24) is 29.9 Å². The molecule has 0 radical (unpaired) electrons. The molecule has 2 rings (SSSR count). The van der Waals surface area contributed by atoms with E-state index in [-0.39, 0.29) is 30.3 Å². The quantitative estimate of drug-likeness (QED) is 0.762. The number of carboxylic acids is 1. The smallest absolute Gasteiger partial charge is 0.358 e. The summed E-state index contributed by atoms with van der Waals surface area (Å²) in [7, 11) is 3.27. The number of aromatic carboxylic acids is 1. The van der Waals surface area contributed by atoms with Gasteiger partial charge in [0.25, 0.3) is 0 Å². The van der Waals surface area contributed by atoms with Crippen LogP contribution in [0, 0.1) is 0 Å². The zero-order valence-electron chi connectivity index (χ0n) is 11.1. The molecule has 0 aliphatic rings. The van der Waals surface area contributed by atoms with Crippen molar-refractivity contribution in [1.29, 1.82) is 0 Å². The Morgan fingerprint density at radius 2 is 2.20 bits per heavy atom. The number of carboxylic acid groups (broad SMARTS) is 1. The number of amides is 1. The maximum atomic E-state index is 11.3. The Bertz CT molecular complexity index is 644. The van der Waals surface area contributed by atoms with E-state index in [1.807, 2.05) is 0 Å². The molecule has 0 aliphatic heterocycles. The highest BCUT2D eigenvalue weighted by Gasteiger charge is 2.23. The molecule has 106 valence electrons. The minimum atomic E-state index is -1.19. The van der Waals surface area contributed by atoms with E-state index in [1.54, 1.807) is 24.0 Å². The highest BCUT2D eigenvalue weighted by Crippen LogP contribution is 2.20. The average Bonchev–Trinajstić information content (AvgIpc) is 3.01. The molecule has 0 aliphatic carbocycles. The van der Waals surface area contributed by atoms with Gasteiger partial charge in [-0.2, -0.15) is 0 Å². The van der Waals surface area contributed by atoms with Crippen LogP contribution in [0.1, 0.15) is 16.9 Å². The van der Waals surface area contributed by atoms with Crippen LogP contribution in [0.5, 0.6) is 0 Å². The van der Waals surface area contributed by atoms with Gasteiger partial charge in [-0.05, 0) is 0 Å². The fraction of sp³-hybridized carbons (Fsp3) is 0.364. The second-order valence-electron chi connectivity index (χ2n) is 4.10. The fourth-order valence-electron chi connectivity index (χ4n) is 1.76. The first-order chi connectivity index (χ1) is 9.54. The summed E-state index contributed by atoms with van der Waals surface area (Å²) in [5.41, 5.74) is 0.102. The molecule has 2 aromatic rings. The first-order valence-electron chi connectivity index (χ1n) is 5.89. The Labute approximate surface area is 114 Å². The first-order valence-corrected chi connectivity index (χ1v) is 5.89. The van der Waals surface area contributed by atoms with Crippen LogP contribution in [-0.4, -0.2) is 48.6 Å². The monoisotopic (exact) mass is 278 g/mol. The normalized spacial score (nSPS) is 10.5. The highest BCUT2D eigenvalue weighted by molar-refractivity contribution is 5.91. The molecular weight excluding hydrogens is 264 g/mol. The summed E-state index contributed by atoms with van der Waals surface area (Å²) in [4.78, 5) is 26.6. The van der Waals surface area contributed by atoms with Gasteiger partial charge in [0.05, 0.1) is 6.54 Å². The van der Waals surface area contributed by atoms with Gasteiger partial charge >= 0.3 is 5.97 Å². The zero-order valence-corrected chi connectivity index (χ0v) is 11.1. The lowest BCUT2D eigenvalue weighted by molar-refractivity contribution is -0.120. The molecule has 2 aromatic heterocycles. The van der Waals surface area contributed by atoms with E-state index in [0.717, 1.165) is 0 Å². The highest BCUT2D eigenvalue weighted by atomic mass is 16.4. The Balaban J connectivity index is 2.41. The van der Waals surface area contributed by atoms with Crippen LogP contribution in [0.15, 0.2) is 12.4 Å². The number of imidazole rings is 1. The Morgan fingerprint density at radius 1 is 1.45 bits per heavy atom. The summed E-state index contributed by atoms with van der Waals surface area (Å²) < 4.78 is 3.04. The molecule has 9 nitrogen and oxygen atoms in total. The van der Waals surface area contributed by atoms with Crippen molar-refractivity contribution in [2.75, 3.05) is 7.05 Å². The molecule has 20 heavy (non-hydrogen) atoms. The van der Waals surface area contributed by atoms with Crippen LogP contribution in [0.25, 0.3) is 11.5 Å². The van der Waals surface area contributed by atoms with E-state index >= 15 is 0 Å². The first kappa shape index (κ1) is 13.7. The molecular formula is C11H14N6O3. The number of aryl methyl sites for hydroxylation is 2. The maximum Gasteiger partial charge on any atom is 0.358 e. The van der Waals surface area contributed by atoms with E-state index < -0.39 is 5.97 Å². The predicted molar refractivity (Wildman–Crippen MR) is 67.9 cm³/mol. The second kappa shape index (κ2) is 5.51. The molecule has 0 atom stereocenters. The number of aromatic nitrogens is 5. The van der Waals surface area contributed by atoms with Crippen molar-refractivity contribution in [2.24, 2.45) is 7.05 Å². The van der Waals surface area contributed by atoms with Crippen LogP contribution < -0.4 is 5.32 Å².